The average molecular weight is 223 g/mol. The molecule has 2 rings (SSSR count). The Bertz CT molecular complexity index is 401. The number of piperazine rings is 1. The largest absolute Gasteiger partial charge is 0.364 e. The highest BCUT2D eigenvalue weighted by atomic mass is 16.5. The maximum atomic E-state index is 11.9. The van der Waals surface area contributed by atoms with E-state index in [1.165, 1.54) is 11.2 Å². The van der Waals surface area contributed by atoms with Gasteiger partial charge in [-0.1, -0.05) is 5.16 Å². The number of carbonyl (C=O) groups excluding carboxylic acids is 2. The van der Waals surface area contributed by atoms with Gasteiger partial charge in [0.25, 0.3) is 0 Å². The highest BCUT2D eigenvalue weighted by Crippen LogP contribution is 2.13. The Morgan fingerprint density at radius 3 is 2.88 bits per heavy atom. The molecule has 2 unspecified atom stereocenters. The third-order valence-corrected chi connectivity index (χ3v) is 2.68. The zero-order valence-electron chi connectivity index (χ0n) is 9.14. The van der Waals surface area contributed by atoms with Crippen molar-refractivity contribution in [2.45, 2.75) is 32.5 Å². The molecule has 1 aliphatic rings. The van der Waals surface area contributed by atoms with Gasteiger partial charge in [0.05, 0.1) is 6.54 Å². The molecule has 6 nitrogen and oxygen atoms in total. The molecule has 1 aromatic heterocycles. The van der Waals surface area contributed by atoms with Crippen molar-refractivity contribution in [1.29, 1.82) is 0 Å². The minimum absolute atomic E-state index is 0.102. The SMILES string of the molecule is CC1NC(=O)C(C)N(Cc2ccon2)C1=O. The summed E-state index contributed by atoms with van der Waals surface area (Å²) in [6, 6.07) is 0.730. The lowest BCUT2D eigenvalue weighted by Crippen LogP contribution is -2.60. The third-order valence-electron chi connectivity index (χ3n) is 2.68. The van der Waals surface area contributed by atoms with Crippen molar-refractivity contribution in [3.05, 3.63) is 18.0 Å². The number of rotatable bonds is 2. The first-order chi connectivity index (χ1) is 7.59. The molecule has 0 aliphatic carbocycles. The van der Waals surface area contributed by atoms with Crippen LogP contribution in [0.5, 0.6) is 0 Å². The van der Waals surface area contributed by atoms with Gasteiger partial charge in [-0.05, 0) is 13.8 Å². The van der Waals surface area contributed by atoms with Crippen LogP contribution in [0.3, 0.4) is 0 Å². The van der Waals surface area contributed by atoms with Crippen molar-refractivity contribution < 1.29 is 14.1 Å². The summed E-state index contributed by atoms with van der Waals surface area (Å²) in [4.78, 5) is 24.9. The second-order valence-electron chi connectivity index (χ2n) is 3.86. The molecule has 86 valence electrons. The molecule has 0 radical (unpaired) electrons. The molecule has 1 fully saturated rings. The van der Waals surface area contributed by atoms with E-state index in [1.54, 1.807) is 19.9 Å². The minimum atomic E-state index is -0.476. The van der Waals surface area contributed by atoms with Gasteiger partial charge in [-0.3, -0.25) is 9.59 Å². The van der Waals surface area contributed by atoms with Crippen molar-refractivity contribution >= 4 is 11.8 Å². The zero-order chi connectivity index (χ0) is 11.7. The lowest BCUT2D eigenvalue weighted by atomic mass is 10.1. The lowest BCUT2D eigenvalue weighted by molar-refractivity contribution is -0.148. The van der Waals surface area contributed by atoms with Crippen LogP contribution in [0.15, 0.2) is 16.9 Å². The predicted molar refractivity (Wildman–Crippen MR) is 54.1 cm³/mol. The zero-order valence-corrected chi connectivity index (χ0v) is 9.14. The van der Waals surface area contributed by atoms with Crippen LogP contribution < -0.4 is 5.32 Å². The number of nitrogens with one attached hydrogen (secondary N) is 1. The van der Waals surface area contributed by atoms with E-state index >= 15 is 0 Å². The van der Waals surface area contributed by atoms with E-state index in [1.807, 2.05) is 0 Å². The summed E-state index contributed by atoms with van der Waals surface area (Å²) in [7, 11) is 0. The quantitative estimate of drug-likeness (QED) is 0.760. The summed E-state index contributed by atoms with van der Waals surface area (Å²) in [5.41, 5.74) is 0.641. The molecule has 1 aromatic rings. The van der Waals surface area contributed by atoms with E-state index in [0.29, 0.717) is 12.2 Å². The van der Waals surface area contributed by atoms with E-state index < -0.39 is 12.1 Å². The molecule has 0 saturated carbocycles. The van der Waals surface area contributed by atoms with Crippen LogP contribution in [0.1, 0.15) is 19.5 Å². The lowest BCUT2D eigenvalue weighted by Gasteiger charge is -2.35. The van der Waals surface area contributed by atoms with Crippen LogP contribution in [0.2, 0.25) is 0 Å². The monoisotopic (exact) mass is 223 g/mol. The van der Waals surface area contributed by atoms with E-state index in [0.717, 1.165) is 0 Å². The molecule has 2 atom stereocenters. The van der Waals surface area contributed by atoms with Crippen LogP contribution in [-0.4, -0.2) is 34.0 Å². The van der Waals surface area contributed by atoms with Gasteiger partial charge in [0.15, 0.2) is 0 Å². The van der Waals surface area contributed by atoms with E-state index in [9.17, 15) is 9.59 Å². The maximum Gasteiger partial charge on any atom is 0.245 e. The van der Waals surface area contributed by atoms with Crippen molar-refractivity contribution in [1.82, 2.24) is 15.4 Å². The Labute approximate surface area is 92.6 Å². The highest BCUT2D eigenvalue weighted by molar-refractivity contribution is 5.96. The van der Waals surface area contributed by atoms with Crippen LogP contribution >= 0.6 is 0 Å². The third kappa shape index (κ3) is 1.78. The fourth-order valence-electron chi connectivity index (χ4n) is 1.69. The van der Waals surface area contributed by atoms with Crippen LogP contribution in [0.25, 0.3) is 0 Å². The van der Waals surface area contributed by atoms with Crippen LogP contribution in [0, 0.1) is 0 Å². The molecule has 1 aliphatic heterocycles. The Morgan fingerprint density at radius 2 is 2.25 bits per heavy atom. The molecule has 2 amide bonds. The number of carbonyl (C=O) groups is 2. The molecule has 1 saturated heterocycles. The van der Waals surface area contributed by atoms with Gasteiger partial charge in [0, 0.05) is 6.07 Å². The molecule has 6 heteroatoms. The van der Waals surface area contributed by atoms with Gasteiger partial charge < -0.3 is 14.7 Å². The maximum absolute atomic E-state index is 11.9. The predicted octanol–water partition coefficient (Wildman–Crippen LogP) is -0.0900. The van der Waals surface area contributed by atoms with Crippen molar-refractivity contribution in [3.8, 4) is 0 Å². The second kappa shape index (κ2) is 3.96. The summed E-state index contributed by atoms with van der Waals surface area (Å²) in [6.45, 7) is 3.66. The van der Waals surface area contributed by atoms with E-state index in [-0.39, 0.29) is 11.8 Å². The molecular weight excluding hydrogens is 210 g/mol. The van der Waals surface area contributed by atoms with Crippen LogP contribution in [0.4, 0.5) is 0 Å². The molecule has 0 aromatic carbocycles. The number of hydrogen-bond acceptors (Lipinski definition) is 4. The summed E-state index contributed by atoms with van der Waals surface area (Å²) in [5.74, 6) is -0.245. The Kier molecular flexibility index (Phi) is 2.64. The highest BCUT2D eigenvalue weighted by Gasteiger charge is 2.35. The molecule has 2 heterocycles. The first kappa shape index (κ1) is 10.7. The summed E-state index contributed by atoms with van der Waals surface area (Å²) < 4.78 is 4.69. The summed E-state index contributed by atoms with van der Waals surface area (Å²) in [6.07, 6.45) is 1.44. The van der Waals surface area contributed by atoms with Gasteiger partial charge in [-0.25, -0.2) is 0 Å². The molecule has 1 N–H and O–H groups in total. The van der Waals surface area contributed by atoms with Gasteiger partial charge in [0.2, 0.25) is 11.8 Å². The fraction of sp³-hybridized carbons (Fsp3) is 0.500. The minimum Gasteiger partial charge on any atom is -0.364 e. The standard InChI is InChI=1S/C10H13N3O3/c1-6-10(15)13(7(2)9(14)11-6)5-8-3-4-16-12-8/h3-4,6-7H,5H2,1-2H3,(H,11,14). The topological polar surface area (TPSA) is 75.4 Å². The number of hydrogen-bond donors (Lipinski definition) is 1. The Balaban J connectivity index is 2.17. The van der Waals surface area contributed by atoms with Crippen molar-refractivity contribution in [3.63, 3.8) is 0 Å². The van der Waals surface area contributed by atoms with Crippen molar-refractivity contribution in [2.75, 3.05) is 0 Å². The fourth-order valence-corrected chi connectivity index (χ4v) is 1.69. The molecule has 0 spiro atoms. The normalized spacial score (nSPS) is 25.8. The molecule has 16 heavy (non-hydrogen) atoms. The molecular formula is C10H13N3O3. The van der Waals surface area contributed by atoms with Gasteiger partial charge in [-0.2, -0.15) is 0 Å². The van der Waals surface area contributed by atoms with Gasteiger partial charge in [-0.15, -0.1) is 0 Å². The smallest absolute Gasteiger partial charge is 0.245 e. The summed E-state index contributed by atoms with van der Waals surface area (Å²) in [5, 5.41) is 6.34. The van der Waals surface area contributed by atoms with Crippen molar-refractivity contribution in [2.24, 2.45) is 0 Å². The van der Waals surface area contributed by atoms with E-state index in [4.69, 9.17) is 4.52 Å². The Hall–Kier alpha value is -1.85. The van der Waals surface area contributed by atoms with Gasteiger partial charge >= 0.3 is 0 Å². The van der Waals surface area contributed by atoms with E-state index in [2.05, 4.69) is 10.5 Å². The average Bonchev–Trinajstić information content (AvgIpc) is 2.74. The second-order valence-corrected chi connectivity index (χ2v) is 3.86. The number of amides is 2. The van der Waals surface area contributed by atoms with Crippen LogP contribution in [-0.2, 0) is 16.1 Å². The Morgan fingerprint density at radius 1 is 1.50 bits per heavy atom. The molecule has 0 bridgehead atoms. The number of aromatic nitrogens is 1. The van der Waals surface area contributed by atoms with Gasteiger partial charge in [0.1, 0.15) is 24.0 Å². The first-order valence-electron chi connectivity index (χ1n) is 5.09. The number of nitrogens with zero attached hydrogens (tertiary/aromatic N) is 2. The summed E-state index contributed by atoms with van der Waals surface area (Å²) >= 11 is 0. The first-order valence-corrected chi connectivity index (χ1v) is 5.09.